The first kappa shape index (κ1) is 25.7. The van der Waals surface area contributed by atoms with E-state index in [4.69, 9.17) is 9.47 Å². The van der Waals surface area contributed by atoms with Gasteiger partial charge in [0.15, 0.2) is 0 Å². The van der Waals surface area contributed by atoms with Crippen molar-refractivity contribution in [1.29, 1.82) is 5.26 Å². The predicted octanol–water partition coefficient (Wildman–Crippen LogP) is 6.30. The number of carbonyl (C=O) groups excluding carboxylic acids is 1. The van der Waals surface area contributed by atoms with E-state index in [2.05, 4.69) is 5.32 Å². The zero-order valence-electron chi connectivity index (χ0n) is 20.2. The van der Waals surface area contributed by atoms with E-state index in [1.807, 2.05) is 36.4 Å². The first-order valence-corrected chi connectivity index (χ1v) is 11.7. The lowest BCUT2D eigenvalue weighted by atomic mass is 10.1. The molecular formula is C30H23N3O5. The molecule has 0 aliphatic carbocycles. The monoisotopic (exact) mass is 505 g/mol. The second-order valence-electron chi connectivity index (χ2n) is 8.18. The summed E-state index contributed by atoms with van der Waals surface area (Å²) in [5.41, 5.74) is 2.56. The van der Waals surface area contributed by atoms with Crippen LogP contribution < -0.4 is 14.8 Å². The summed E-state index contributed by atoms with van der Waals surface area (Å²) in [6.45, 7) is 0.510. The number of nitrogens with one attached hydrogen (secondary N) is 1. The van der Waals surface area contributed by atoms with Gasteiger partial charge in [-0.05, 0) is 47.5 Å². The highest BCUT2D eigenvalue weighted by atomic mass is 16.6. The summed E-state index contributed by atoms with van der Waals surface area (Å²) in [6.07, 6.45) is 1.44. The zero-order valence-corrected chi connectivity index (χ0v) is 20.2. The van der Waals surface area contributed by atoms with Gasteiger partial charge in [-0.3, -0.25) is 14.9 Å². The van der Waals surface area contributed by atoms with Gasteiger partial charge in [-0.1, -0.05) is 60.7 Å². The first-order chi connectivity index (χ1) is 18.5. The molecule has 0 saturated heterocycles. The van der Waals surface area contributed by atoms with Crippen molar-refractivity contribution >= 4 is 23.4 Å². The van der Waals surface area contributed by atoms with Crippen molar-refractivity contribution in [3.8, 4) is 17.6 Å². The Labute approximate surface area is 219 Å². The maximum Gasteiger partial charge on any atom is 0.269 e. The molecule has 0 aromatic heterocycles. The number of anilines is 1. The number of rotatable bonds is 10. The number of carbonyl (C=O) groups is 1. The third-order valence-corrected chi connectivity index (χ3v) is 5.46. The lowest BCUT2D eigenvalue weighted by Gasteiger charge is -2.10. The van der Waals surface area contributed by atoms with Gasteiger partial charge >= 0.3 is 0 Å². The molecular weight excluding hydrogens is 482 g/mol. The fraction of sp³-hybridized carbons (Fsp3) is 0.0667. The molecule has 0 aliphatic rings. The predicted molar refractivity (Wildman–Crippen MR) is 143 cm³/mol. The molecule has 0 bridgehead atoms. The number of para-hydroxylation sites is 1. The van der Waals surface area contributed by atoms with Crippen LogP contribution in [0.15, 0.2) is 109 Å². The van der Waals surface area contributed by atoms with Crippen LogP contribution in [0, 0.1) is 21.4 Å². The summed E-state index contributed by atoms with van der Waals surface area (Å²) in [4.78, 5) is 23.3. The van der Waals surface area contributed by atoms with E-state index in [1.54, 1.807) is 60.7 Å². The van der Waals surface area contributed by atoms with Crippen LogP contribution in [0.1, 0.15) is 16.7 Å². The lowest BCUT2D eigenvalue weighted by Crippen LogP contribution is -2.13. The molecule has 0 fully saturated rings. The van der Waals surface area contributed by atoms with E-state index < -0.39 is 10.8 Å². The molecule has 1 N–H and O–H groups in total. The highest BCUT2D eigenvalue weighted by Gasteiger charge is 2.12. The molecule has 0 unspecified atom stereocenters. The van der Waals surface area contributed by atoms with Crippen molar-refractivity contribution in [2.24, 2.45) is 0 Å². The Morgan fingerprint density at radius 2 is 1.55 bits per heavy atom. The average molecular weight is 506 g/mol. The Balaban J connectivity index is 1.40. The van der Waals surface area contributed by atoms with E-state index in [0.29, 0.717) is 34.9 Å². The Morgan fingerprint density at radius 3 is 2.29 bits per heavy atom. The van der Waals surface area contributed by atoms with Crippen LogP contribution in [-0.4, -0.2) is 10.8 Å². The van der Waals surface area contributed by atoms with E-state index in [0.717, 1.165) is 5.56 Å². The maximum absolute atomic E-state index is 12.8. The summed E-state index contributed by atoms with van der Waals surface area (Å²) in [6, 6.07) is 31.7. The van der Waals surface area contributed by atoms with Crippen molar-refractivity contribution in [3.05, 3.63) is 136 Å². The topological polar surface area (TPSA) is 114 Å². The largest absolute Gasteiger partial charge is 0.489 e. The lowest BCUT2D eigenvalue weighted by molar-refractivity contribution is -0.384. The normalized spacial score (nSPS) is 10.8. The van der Waals surface area contributed by atoms with Gasteiger partial charge in [0.25, 0.3) is 11.6 Å². The van der Waals surface area contributed by atoms with Crippen LogP contribution in [0.25, 0.3) is 6.08 Å². The minimum atomic E-state index is -0.570. The average Bonchev–Trinajstić information content (AvgIpc) is 2.95. The molecule has 0 atom stereocenters. The number of nitro groups is 1. The third-order valence-electron chi connectivity index (χ3n) is 5.46. The smallest absolute Gasteiger partial charge is 0.269 e. The second-order valence-corrected chi connectivity index (χ2v) is 8.18. The molecule has 4 rings (SSSR count). The number of ether oxygens (including phenoxy) is 2. The molecule has 0 aliphatic heterocycles. The molecule has 8 nitrogen and oxygen atoms in total. The van der Waals surface area contributed by atoms with Crippen molar-refractivity contribution < 1.29 is 19.2 Å². The quantitative estimate of drug-likeness (QED) is 0.117. The van der Waals surface area contributed by atoms with Gasteiger partial charge in [0.05, 0.1) is 4.92 Å². The fourth-order valence-electron chi connectivity index (χ4n) is 3.53. The SMILES string of the molecule is N#C/C(=C\c1ccccc1OCc1cccc([N+](=O)[O-])c1)C(=O)Nc1ccc(OCc2ccccc2)cc1. The summed E-state index contributed by atoms with van der Waals surface area (Å²) in [7, 11) is 0. The van der Waals surface area contributed by atoms with E-state index in [9.17, 15) is 20.2 Å². The van der Waals surface area contributed by atoms with E-state index >= 15 is 0 Å². The van der Waals surface area contributed by atoms with Crippen molar-refractivity contribution in [1.82, 2.24) is 0 Å². The Morgan fingerprint density at radius 1 is 0.868 bits per heavy atom. The summed E-state index contributed by atoms with van der Waals surface area (Å²) in [5, 5.41) is 23.4. The van der Waals surface area contributed by atoms with Crippen LogP contribution in [0.3, 0.4) is 0 Å². The van der Waals surface area contributed by atoms with E-state index in [-0.39, 0.29) is 17.9 Å². The minimum absolute atomic E-state index is 0.0292. The summed E-state index contributed by atoms with van der Waals surface area (Å²) < 4.78 is 11.6. The number of hydrogen-bond donors (Lipinski definition) is 1. The van der Waals surface area contributed by atoms with Crippen LogP contribution in [-0.2, 0) is 18.0 Å². The maximum atomic E-state index is 12.8. The number of nitriles is 1. The molecule has 1 amide bonds. The molecule has 0 heterocycles. The molecule has 0 spiro atoms. The number of non-ortho nitro benzene ring substituents is 1. The first-order valence-electron chi connectivity index (χ1n) is 11.7. The molecule has 188 valence electrons. The number of amides is 1. The van der Waals surface area contributed by atoms with Gasteiger partial charge in [-0.25, -0.2) is 0 Å². The van der Waals surface area contributed by atoms with Crippen molar-refractivity contribution in [2.45, 2.75) is 13.2 Å². The van der Waals surface area contributed by atoms with Gasteiger partial charge in [-0.2, -0.15) is 5.26 Å². The van der Waals surface area contributed by atoms with E-state index in [1.165, 1.54) is 18.2 Å². The molecule has 8 heteroatoms. The minimum Gasteiger partial charge on any atom is -0.489 e. The molecule has 0 radical (unpaired) electrons. The number of hydrogen-bond acceptors (Lipinski definition) is 6. The second kappa shape index (κ2) is 12.5. The standard InChI is InChI=1S/C30H23N3O5/c31-19-25(30(34)32-26-13-15-28(16-14-26)37-20-22-7-2-1-3-8-22)18-24-10-4-5-12-29(24)38-21-23-9-6-11-27(17-23)33(35)36/h1-18H,20-21H2,(H,32,34)/b25-18+. The highest BCUT2D eigenvalue weighted by Crippen LogP contribution is 2.24. The van der Waals surface area contributed by atoms with Gasteiger partial charge in [0.2, 0.25) is 0 Å². The van der Waals surface area contributed by atoms with Gasteiger partial charge < -0.3 is 14.8 Å². The van der Waals surface area contributed by atoms with Crippen LogP contribution >= 0.6 is 0 Å². The highest BCUT2D eigenvalue weighted by molar-refractivity contribution is 6.09. The van der Waals surface area contributed by atoms with Gasteiger partial charge in [0, 0.05) is 23.4 Å². The number of nitro benzene ring substituents is 1. The Hall–Kier alpha value is -5.42. The number of nitrogens with zero attached hydrogens (tertiary/aromatic N) is 2. The molecule has 0 saturated carbocycles. The van der Waals surface area contributed by atoms with Crippen molar-refractivity contribution in [3.63, 3.8) is 0 Å². The van der Waals surface area contributed by atoms with Gasteiger partial charge in [0.1, 0.15) is 36.4 Å². The molecule has 4 aromatic rings. The van der Waals surface area contributed by atoms with Crippen LogP contribution in [0.2, 0.25) is 0 Å². The third kappa shape index (κ3) is 7.06. The molecule has 4 aromatic carbocycles. The Bertz CT molecular complexity index is 1490. The fourth-order valence-corrected chi connectivity index (χ4v) is 3.53. The molecule has 38 heavy (non-hydrogen) atoms. The summed E-state index contributed by atoms with van der Waals surface area (Å²) in [5.74, 6) is 0.510. The Kier molecular flexibility index (Phi) is 8.45. The number of benzene rings is 4. The van der Waals surface area contributed by atoms with Crippen molar-refractivity contribution in [2.75, 3.05) is 5.32 Å². The summed E-state index contributed by atoms with van der Waals surface area (Å²) >= 11 is 0. The van der Waals surface area contributed by atoms with Gasteiger partial charge in [-0.15, -0.1) is 0 Å². The zero-order chi connectivity index (χ0) is 26.7. The van der Waals surface area contributed by atoms with Crippen LogP contribution in [0.4, 0.5) is 11.4 Å². The van der Waals surface area contributed by atoms with Crippen LogP contribution in [0.5, 0.6) is 11.5 Å².